The maximum Gasteiger partial charge on any atom is 0.309 e. The lowest BCUT2D eigenvalue weighted by Crippen LogP contribution is -2.35. The number of likely N-dealkylation sites (tertiary alicyclic amines) is 1. The quantitative estimate of drug-likeness (QED) is 0.515. The summed E-state index contributed by atoms with van der Waals surface area (Å²) >= 11 is 0. The molecule has 0 radical (unpaired) electrons. The highest BCUT2D eigenvalue weighted by Gasteiger charge is 2.27. The molecule has 0 N–H and O–H groups in total. The van der Waals surface area contributed by atoms with E-state index < -0.39 is 0 Å². The van der Waals surface area contributed by atoms with Gasteiger partial charge >= 0.3 is 5.97 Å². The first kappa shape index (κ1) is 23.1. The Hall–Kier alpha value is -2.53. The van der Waals surface area contributed by atoms with Gasteiger partial charge in [0, 0.05) is 6.54 Å². The van der Waals surface area contributed by atoms with Gasteiger partial charge < -0.3 is 14.2 Å². The summed E-state index contributed by atoms with van der Waals surface area (Å²) in [7, 11) is 3.26. The van der Waals surface area contributed by atoms with Gasteiger partial charge in [-0.2, -0.15) is 0 Å². The largest absolute Gasteiger partial charge is 0.493 e. The van der Waals surface area contributed by atoms with E-state index in [9.17, 15) is 4.79 Å². The molecular weight excluding hydrogens is 390 g/mol. The molecule has 168 valence electrons. The van der Waals surface area contributed by atoms with Crippen molar-refractivity contribution >= 4 is 5.97 Å². The Bertz CT molecular complexity index is 815. The van der Waals surface area contributed by atoms with Crippen molar-refractivity contribution in [3.05, 3.63) is 59.7 Å². The first-order valence-corrected chi connectivity index (χ1v) is 11.3. The van der Waals surface area contributed by atoms with Crippen LogP contribution >= 0.6 is 0 Å². The average molecular weight is 426 g/mol. The predicted octanol–water partition coefficient (Wildman–Crippen LogP) is 4.73. The number of rotatable bonds is 10. The number of piperidine rings is 1. The minimum Gasteiger partial charge on any atom is -0.493 e. The fraction of sp³-hybridized carbons (Fsp3) is 0.500. The molecule has 1 unspecified atom stereocenters. The number of esters is 1. The molecule has 2 aromatic rings. The topological polar surface area (TPSA) is 48.0 Å². The van der Waals surface area contributed by atoms with Crippen LogP contribution in [0.2, 0.25) is 0 Å². The zero-order chi connectivity index (χ0) is 22.1. The van der Waals surface area contributed by atoms with Crippen molar-refractivity contribution in [2.45, 2.75) is 39.2 Å². The number of carbonyl (C=O) groups excluding carboxylic acids is 1. The van der Waals surface area contributed by atoms with E-state index in [0.717, 1.165) is 44.5 Å². The Kier molecular flexibility index (Phi) is 8.77. The lowest BCUT2D eigenvalue weighted by molar-refractivity contribution is -0.148. The zero-order valence-corrected chi connectivity index (χ0v) is 19.0. The number of hydrogen-bond donors (Lipinski definition) is 0. The summed E-state index contributed by atoms with van der Waals surface area (Å²) in [5.74, 6) is 1.70. The molecule has 0 bridgehead atoms. The van der Waals surface area contributed by atoms with Gasteiger partial charge in [0.05, 0.1) is 26.7 Å². The third-order valence-corrected chi connectivity index (χ3v) is 6.12. The summed E-state index contributed by atoms with van der Waals surface area (Å²) in [6.07, 6.45) is 3.76. The Balaban J connectivity index is 1.59. The molecule has 31 heavy (non-hydrogen) atoms. The maximum atomic E-state index is 12.7. The standard InChI is InChI=1S/C26H35NO4/c1-4-31-26(28)23(17-22-10-11-24(29-2)25(18-22)30-3)16-20-12-14-27(15-13-20)19-21-8-6-5-7-9-21/h5-11,18,20,23H,4,12-17,19H2,1-3H3. The molecule has 5 nitrogen and oxygen atoms in total. The van der Waals surface area contributed by atoms with Crippen LogP contribution in [-0.4, -0.2) is 44.8 Å². The Labute approximate surface area is 186 Å². The van der Waals surface area contributed by atoms with E-state index in [4.69, 9.17) is 14.2 Å². The van der Waals surface area contributed by atoms with Crippen LogP contribution in [-0.2, 0) is 22.5 Å². The summed E-state index contributed by atoms with van der Waals surface area (Å²) in [4.78, 5) is 15.2. The van der Waals surface area contributed by atoms with Crippen LogP contribution < -0.4 is 9.47 Å². The van der Waals surface area contributed by atoms with Gasteiger partial charge in [-0.1, -0.05) is 36.4 Å². The Morgan fingerprint density at radius 1 is 1.00 bits per heavy atom. The molecule has 1 fully saturated rings. The van der Waals surface area contributed by atoms with Gasteiger partial charge in [-0.3, -0.25) is 9.69 Å². The number of methoxy groups -OCH3 is 2. The van der Waals surface area contributed by atoms with E-state index in [1.807, 2.05) is 25.1 Å². The normalized spacial score (nSPS) is 16.0. The minimum absolute atomic E-state index is 0.0935. The van der Waals surface area contributed by atoms with Crippen molar-refractivity contribution < 1.29 is 19.0 Å². The average Bonchev–Trinajstić information content (AvgIpc) is 2.80. The lowest BCUT2D eigenvalue weighted by Gasteiger charge is -2.33. The molecule has 5 heteroatoms. The molecule has 0 saturated carbocycles. The lowest BCUT2D eigenvalue weighted by atomic mass is 9.84. The summed E-state index contributed by atoms with van der Waals surface area (Å²) in [5.41, 5.74) is 2.43. The second-order valence-corrected chi connectivity index (χ2v) is 8.28. The molecule has 1 aliphatic heterocycles. The summed E-state index contributed by atoms with van der Waals surface area (Å²) in [5, 5.41) is 0. The van der Waals surface area contributed by atoms with Gasteiger partial charge in [-0.15, -0.1) is 0 Å². The second-order valence-electron chi connectivity index (χ2n) is 8.28. The van der Waals surface area contributed by atoms with E-state index in [0.29, 0.717) is 30.4 Å². The van der Waals surface area contributed by atoms with Crippen LogP contribution in [0.1, 0.15) is 37.3 Å². The van der Waals surface area contributed by atoms with E-state index in [1.54, 1.807) is 14.2 Å². The van der Waals surface area contributed by atoms with Crippen LogP contribution in [0, 0.1) is 11.8 Å². The maximum absolute atomic E-state index is 12.7. The molecular formula is C26H35NO4. The molecule has 3 rings (SSSR count). The monoisotopic (exact) mass is 425 g/mol. The van der Waals surface area contributed by atoms with E-state index in [-0.39, 0.29) is 11.9 Å². The molecule has 1 atom stereocenters. The molecule has 0 aromatic heterocycles. The van der Waals surface area contributed by atoms with E-state index in [2.05, 4.69) is 35.2 Å². The van der Waals surface area contributed by atoms with Gasteiger partial charge in [0.2, 0.25) is 0 Å². The van der Waals surface area contributed by atoms with Gasteiger partial charge in [0.15, 0.2) is 11.5 Å². The number of ether oxygens (including phenoxy) is 3. The second kappa shape index (κ2) is 11.8. The highest BCUT2D eigenvalue weighted by molar-refractivity contribution is 5.73. The highest BCUT2D eigenvalue weighted by Crippen LogP contribution is 2.31. The van der Waals surface area contributed by atoms with Crippen molar-refractivity contribution in [2.24, 2.45) is 11.8 Å². The van der Waals surface area contributed by atoms with Crippen molar-refractivity contribution in [1.82, 2.24) is 4.90 Å². The molecule has 0 aliphatic carbocycles. The molecule has 1 aliphatic rings. The van der Waals surface area contributed by atoms with Crippen molar-refractivity contribution in [3.8, 4) is 11.5 Å². The van der Waals surface area contributed by atoms with Gasteiger partial charge in [-0.25, -0.2) is 0 Å². The summed E-state index contributed by atoms with van der Waals surface area (Å²) in [6, 6.07) is 16.5. The summed E-state index contributed by atoms with van der Waals surface area (Å²) < 4.78 is 16.2. The van der Waals surface area contributed by atoms with Crippen LogP contribution in [0.4, 0.5) is 0 Å². The van der Waals surface area contributed by atoms with Crippen LogP contribution in [0.25, 0.3) is 0 Å². The molecule has 1 saturated heterocycles. The molecule has 1 heterocycles. The third kappa shape index (κ3) is 6.73. The fourth-order valence-corrected chi connectivity index (χ4v) is 4.44. The minimum atomic E-state index is -0.135. The first-order valence-electron chi connectivity index (χ1n) is 11.3. The number of nitrogens with zero attached hydrogens (tertiary/aromatic N) is 1. The smallest absolute Gasteiger partial charge is 0.309 e. The number of carbonyl (C=O) groups is 1. The molecule has 0 amide bonds. The van der Waals surface area contributed by atoms with Gasteiger partial charge in [0.25, 0.3) is 0 Å². The van der Waals surface area contributed by atoms with Crippen molar-refractivity contribution in [1.29, 1.82) is 0 Å². The number of hydrogen-bond acceptors (Lipinski definition) is 5. The molecule has 2 aromatic carbocycles. The van der Waals surface area contributed by atoms with Gasteiger partial charge in [0.1, 0.15) is 0 Å². The van der Waals surface area contributed by atoms with Crippen LogP contribution in [0.15, 0.2) is 48.5 Å². The highest BCUT2D eigenvalue weighted by atomic mass is 16.5. The van der Waals surface area contributed by atoms with Crippen molar-refractivity contribution in [2.75, 3.05) is 33.9 Å². The van der Waals surface area contributed by atoms with Gasteiger partial charge in [-0.05, 0) is 74.9 Å². The fourth-order valence-electron chi connectivity index (χ4n) is 4.44. The number of benzene rings is 2. The predicted molar refractivity (Wildman–Crippen MR) is 122 cm³/mol. The summed E-state index contributed by atoms with van der Waals surface area (Å²) in [6.45, 7) is 5.43. The van der Waals surface area contributed by atoms with E-state index >= 15 is 0 Å². The van der Waals surface area contributed by atoms with E-state index in [1.165, 1.54) is 5.56 Å². The molecule has 0 spiro atoms. The van der Waals surface area contributed by atoms with Crippen LogP contribution in [0.5, 0.6) is 11.5 Å². The van der Waals surface area contributed by atoms with Crippen LogP contribution in [0.3, 0.4) is 0 Å². The SMILES string of the molecule is CCOC(=O)C(Cc1ccc(OC)c(OC)c1)CC1CCN(Cc2ccccc2)CC1. The first-order chi connectivity index (χ1) is 15.1. The zero-order valence-electron chi connectivity index (χ0n) is 19.0. The third-order valence-electron chi connectivity index (χ3n) is 6.12. The Morgan fingerprint density at radius 3 is 2.35 bits per heavy atom. The van der Waals surface area contributed by atoms with Crippen molar-refractivity contribution in [3.63, 3.8) is 0 Å². The Morgan fingerprint density at radius 2 is 1.71 bits per heavy atom.